The molecule has 5 aromatic rings. The first-order valence-corrected chi connectivity index (χ1v) is 9.82. The fraction of sp³-hybridized carbons (Fsp3) is 0.148. The minimum atomic E-state index is 1.02. The van der Waals surface area contributed by atoms with Crippen LogP contribution in [0.5, 0.6) is 0 Å². The molecule has 1 heterocycles. The van der Waals surface area contributed by atoms with E-state index in [1.807, 2.05) is 18.3 Å². The molecule has 136 valence electrons. The predicted octanol–water partition coefficient (Wildman–Crippen LogP) is 7.44. The van der Waals surface area contributed by atoms with E-state index in [1.54, 1.807) is 0 Å². The molecule has 0 atom stereocenters. The van der Waals surface area contributed by atoms with Gasteiger partial charge in [-0.25, -0.2) is 0 Å². The van der Waals surface area contributed by atoms with Crippen molar-refractivity contribution in [2.24, 2.45) is 0 Å². The van der Waals surface area contributed by atoms with Crippen molar-refractivity contribution in [1.29, 1.82) is 0 Å². The van der Waals surface area contributed by atoms with Crippen LogP contribution in [0.4, 0.5) is 0 Å². The highest BCUT2D eigenvalue weighted by Crippen LogP contribution is 2.39. The van der Waals surface area contributed by atoms with Crippen LogP contribution in [0.2, 0.25) is 0 Å². The number of pyridine rings is 1. The Labute approximate surface area is 165 Å². The summed E-state index contributed by atoms with van der Waals surface area (Å²) < 4.78 is 0. The summed E-state index contributed by atoms with van der Waals surface area (Å²) in [4.78, 5) is 4.56. The van der Waals surface area contributed by atoms with Gasteiger partial charge in [-0.15, -0.1) is 0 Å². The Hall–Kier alpha value is -3.19. The van der Waals surface area contributed by atoms with E-state index < -0.39 is 0 Å². The number of hydrogen-bond donors (Lipinski definition) is 0. The normalized spacial score (nSPS) is 11.6. The maximum atomic E-state index is 4.56. The zero-order chi connectivity index (χ0) is 19.4. The van der Waals surface area contributed by atoms with Crippen LogP contribution in [0.15, 0.2) is 66.9 Å². The Morgan fingerprint density at radius 1 is 0.500 bits per heavy atom. The molecule has 0 fully saturated rings. The molecule has 0 bridgehead atoms. The summed E-state index contributed by atoms with van der Waals surface area (Å²) in [5.41, 5.74) is 7.53. The average Bonchev–Trinajstić information content (AvgIpc) is 2.71. The average molecular weight is 361 g/mol. The predicted molar refractivity (Wildman–Crippen MR) is 121 cm³/mol. The number of rotatable bonds is 1. The molecule has 0 saturated heterocycles. The van der Waals surface area contributed by atoms with E-state index in [4.69, 9.17) is 0 Å². The lowest BCUT2D eigenvalue weighted by molar-refractivity contribution is 1.33. The van der Waals surface area contributed by atoms with Crippen molar-refractivity contribution in [3.05, 3.63) is 89.1 Å². The SMILES string of the molecule is Cc1cc2c3ccc(-c4ccccn4)cc3c3cc(C)c(C)cc3c2cc1C. The number of nitrogens with zero attached hydrogens (tertiary/aromatic N) is 1. The van der Waals surface area contributed by atoms with Crippen molar-refractivity contribution in [2.45, 2.75) is 27.7 Å². The van der Waals surface area contributed by atoms with E-state index in [-0.39, 0.29) is 0 Å². The van der Waals surface area contributed by atoms with Crippen LogP contribution in [0.3, 0.4) is 0 Å². The van der Waals surface area contributed by atoms with Gasteiger partial charge in [-0.3, -0.25) is 4.98 Å². The highest BCUT2D eigenvalue weighted by atomic mass is 14.7. The number of hydrogen-bond acceptors (Lipinski definition) is 1. The van der Waals surface area contributed by atoms with Crippen LogP contribution in [-0.2, 0) is 0 Å². The summed E-state index contributed by atoms with van der Waals surface area (Å²) in [7, 11) is 0. The van der Waals surface area contributed by atoms with Gasteiger partial charge in [0.05, 0.1) is 5.69 Å². The van der Waals surface area contributed by atoms with Crippen molar-refractivity contribution in [2.75, 3.05) is 0 Å². The molecule has 0 saturated carbocycles. The smallest absolute Gasteiger partial charge is 0.0702 e. The van der Waals surface area contributed by atoms with Crippen LogP contribution >= 0.6 is 0 Å². The zero-order valence-corrected chi connectivity index (χ0v) is 16.8. The van der Waals surface area contributed by atoms with Gasteiger partial charge in [0.1, 0.15) is 0 Å². The zero-order valence-electron chi connectivity index (χ0n) is 16.8. The van der Waals surface area contributed by atoms with Gasteiger partial charge in [0.2, 0.25) is 0 Å². The van der Waals surface area contributed by atoms with Gasteiger partial charge in [0.25, 0.3) is 0 Å². The standard InChI is InChI=1S/C27H23N/c1-16-11-22-21-9-8-20(27-7-5-6-10-28-27)15-26(21)25-14-19(4)18(3)13-24(25)23(22)12-17(16)2/h5-15H,1-4H3. The molecule has 0 N–H and O–H groups in total. The van der Waals surface area contributed by atoms with E-state index in [0.717, 1.165) is 11.3 Å². The Kier molecular flexibility index (Phi) is 3.73. The van der Waals surface area contributed by atoms with Crippen molar-refractivity contribution in [3.8, 4) is 11.3 Å². The summed E-state index contributed by atoms with van der Waals surface area (Å²) in [6, 6.07) is 22.3. The van der Waals surface area contributed by atoms with Gasteiger partial charge in [-0.2, -0.15) is 0 Å². The van der Waals surface area contributed by atoms with Gasteiger partial charge in [0, 0.05) is 11.8 Å². The van der Waals surface area contributed by atoms with Crippen LogP contribution in [0, 0.1) is 27.7 Å². The van der Waals surface area contributed by atoms with Gasteiger partial charge in [-0.05, 0) is 100 Å². The molecule has 0 aliphatic carbocycles. The molecule has 0 aliphatic rings. The first-order valence-electron chi connectivity index (χ1n) is 9.82. The second-order valence-corrected chi connectivity index (χ2v) is 7.94. The van der Waals surface area contributed by atoms with E-state index in [9.17, 15) is 0 Å². The van der Waals surface area contributed by atoms with Gasteiger partial charge < -0.3 is 0 Å². The van der Waals surface area contributed by atoms with Crippen molar-refractivity contribution < 1.29 is 0 Å². The number of aryl methyl sites for hydroxylation is 4. The second-order valence-electron chi connectivity index (χ2n) is 7.94. The van der Waals surface area contributed by atoms with Crippen molar-refractivity contribution in [1.82, 2.24) is 4.98 Å². The summed E-state index contributed by atoms with van der Waals surface area (Å²) in [5, 5.41) is 7.96. The Morgan fingerprint density at radius 3 is 1.50 bits per heavy atom. The lowest BCUT2D eigenvalue weighted by Crippen LogP contribution is -1.90. The molecule has 4 aromatic carbocycles. The monoisotopic (exact) mass is 361 g/mol. The lowest BCUT2D eigenvalue weighted by atomic mass is 9.89. The third-order valence-electron chi connectivity index (χ3n) is 6.12. The first-order chi connectivity index (χ1) is 13.5. The summed E-state index contributed by atoms with van der Waals surface area (Å²) in [6.45, 7) is 8.81. The van der Waals surface area contributed by atoms with Crippen LogP contribution in [0.25, 0.3) is 43.6 Å². The molecular formula is C27H23N. The molecule has 28 heavy (non-hydrogen) atoms. The fourth-order valence-corrected chi connectivity index (χ4v) is 4.22. The number of benzene rings is 4. The summed E-state index contributed by atoms with van der Waals surface area (Å²) in [5.74, 6) is 0. The van der Waals surface area contributed by atoms with E-state index >= 15 is 0 Å². The highest BCUT2D eigenvalue weighted by Gasteiger charge is 2.12. The Morgan fingerprint density at radius 2 is 1.00 bits per heavy atom. The van der Waals surface area contributed by atoms with Crippen LogP contribution in [-0.4, -0.2) is 4.98 Å². The first kappa shape index (κ1) is 16.9. The molecule has 5 rings (SSSR count). The number of aromatic nitrogens is 1. The quantitative estimate of drug-likeness (QED) is 0.283. The van der Waals surface area contributed by atoms with E-state index in [1.165, 1.54) is 54.6 Å². The maximum absolute atomic E-state index is 4.56. The van der Waals surface area contributed by atoms with Crippen molar-refractivity contribution in [3.63, 3.8) is 0 Å². The fourth-order valence-electron chi connectivity index (χ4n) is 4.22. The maximum Gasteiger partial charge on any atom is 0.0702 e. The minimum Gasteiger partial charge on any atom is -0.256 e. The Bertz CT molecular complexity index is 1380. The molecule has 0 aliphatic heterocycles. The summed E-state index contributed by atoms with van der Waals surface area (Å²) >= 11 is 0. The molecule has 1 nitrogen and oxygen atoms in total. The highest BCUT2D eigenvalue weighted by molar-refractivity contribution is 6.26. The van der Waals surface area contributed by atoms with Gasteiger partial charge in [-0.1, -0.05) is 42.5 Å². The molecule has 0 radical (unpaired) electrons. The van der Waals surface area contributed by atoms with Crippen LogP contribution < -0.4 is 0 Å². The van der Waals surface area contributed by atoms with Crippen LogP contribution in [0.1, 0.15) is 22.3 Å². The van der Waals surface area contributed by atoms with Gasteiger partial charge >= 0.3 is 0 Å². The van der Waals surface area contributed by atoms with E-state index in [0.29, 0.717) is 0 Å². The third-order valence-corrected chi connectivity index (χ3v) is 6.12. The van der Waals surface area contributed by atoms with Gasteiger partial charge in [0.15, 0.2) is 0 Å². The molecule has 1 heteroatoms. The molecule has 0 unspecified atom stereocenters. The topological polar surface area (TPSA) is 12.9 Å². The lowest BCUT2D eigenvalue weighted by Gasteiger charge is -2.15. The molecule has 0 amide bonds. The number of fused-ring (bicyclic) bond motifs is 6. The molecule has 1 aromatic heterocycles. The summed E-state index contributed by atoms with van der Waals surface area (Å²) in [6.07, 6.45) is 1.86. The second kappa shape index (κ2) is 6.17. The third kappa shape index (κ3) is 2.51. The van der Waals surface area contributed by atoms with E-state index in [2.05, 4.69) is 81.2 Å². The minimum absolute atomic E-state index is 1.02. The molecule has 0 spiro atoms. The van der Waals surface area contributed by atoms with Crippen molar-refractivity contribution >= 4 is 32.3 Å². The molecular weight excluding hydrogens is 338 g/mol. The largest absolute Gasteiger partial charge is 0.256 e. The Balaban J connectivity index is 2.00.